The van der Waals surface area contributed by atoms with Crippen LogP contribution in [0.2, 0.25) is 0 Å². The van der Waals surface area contributed by atoms with Crippen molar-refractivity contribution in [2.45, 2.75) is 38.3 Å². The van der Waals surface area contributed by atoms with Crippen LogP contribution in [0.4, 0.5) is 0 Å². The van der Waals surface area contributed by atoms with Gasteiger partial charge in [-0.05, 0) is 49.1 Å². The largest absolute Gasteiger partial charge is 0.497 e. The lowest BCUT2D eigenvalue weighted by molar-refractivity contribution is -0.140. The molecular formula is C23H28N2O4. The molecule has 1 saturated heterocycles. The smallest absolute Gasteiger partial charge is 0.245 e. The van der Waals surface area contributed by atoms with Crippen molar-refractivity contribution < 1.29 is 19.1 Å². The fourth-order valence-electron chi connectivity index (χ4n) is 3.78. The van der Waals surface area contributed by atoms with Crippen LogP contribution in [0.3, 0.4) is 0 Å². The van der Waals surface area contributed by atoms with Crippen LogP contribution in [0, 0.1) is 0 Å². The van der Waals surface area contributed by atoms with E-state index >= 15 is 0 Å². The number of carbonyl (C=O) groups excluding carboxylic acids is 2. The molecule has 154 valence electrons. The lowest BCUT2D eigenvalue weighted by Gasteiger charge is -2.34. The van der Waals surface area contributed by atoms with E-state index in [4.69, 9.17) is 9.47 Å². The second kappa shape index (κ2) is 8.99. The van der Waals surface area contributed by atoms with Crippen LogP contribution in [0.5, 0.6) is 11.5 Å². The van der Waals surface area contributed by atoms with Gasteiger partial charge in [0.15, 0.2) is 0 Å². The maximum atomic E-state index is 13.0. The topological polar surface area (TPSA) is 67.9 Å². The Balaban J connectivity index is 1.70. The molecule has 2 aromatic carbocycles. The lowest BCUT2D eigenvalue weighted by atomic mass is 9.96. The van der Waals surface area contributed by atoms with Crippen molar-refractivity contribution in [2.75, 3.05) is 20.8 Å². The first-order valence-electron chi connectivity index (χ1n) is 9.81. The van der Waals surface area contributed by atoms with Gasteiger partial charge >= 0.3 is 0 Å². The maximum absolute atomic E-state index is 13.0. The summed E-state index contributed by atoms with van der Waals surface area (Å²) < 4.78 is 10.7. The molecular weight excluding hydrogens is 368 g/mol. The number of likely N-dealkylation sites (tertiary alicyclic amines) is 1. The van der Waals surface area contributed by atoms with Gasteiger partial charge in [0.25, 0.3) is 0 Å². The number of hydrogen-bond donors (Lipinski definition) is 1. The van der Waals surface area contributed by atoms with Gasteiger partial charge in [0.2, 0.25) is 11.8 Å². The highest BCUT2D eigenvalue weighted by atomic mass is 16.5. The molecule has 6 nitrogen and oxygen atoms in total. The third-order valence-corrected chi connectivity index (χ3v) is 5.60. The molecule has 1 fully saturated rings. The van der Waals surface area contributed by atoms with Gasteiger partial charge in [-0.15, -0.1) is 0 Å². The van der Waals surface area contributed by atoms with E-state index in [9.17, 15) is 9.59 Å². The molecule has 1 aliphatic heterocycles. The molecule has 0 saturated carbocycles. The lowest BCUT2D eigenvalue weighted by Crippen LogP contribution is -2.54. The fraction of sp³-hybridized carbons (Fsp3) is 0.391. The number of rotatable bonds is 8. The second-order valence-electron chi connectivity index (χ2n) is 7.42. The molecule has 0 bridgehead atoms. The van der Waals surface area contributed by atoms with E-state index in [-0.39, 0.29) is 11.8 Å². The average Bonchev–Trinajstić information content (AvgIpc) is 3.05. The number of nitrogens with one attached hydrogen (secondary N) is 1. The Morgan fingerprint density at radius 1 is 1.14 bits per heavy atom. The van der Waals surface area contributed by atoms with E-state index in [1.807, 2.05) is 55.5 Å². The first-order chi connectivity index (χ1) is 14.0. The number of nitrogens with zero attached hydrogens (tertiary/aromatic N) is 1. The minimum atomic E-state index is -0.849. The average molecular weight is 396 g/mol. The molecule has 2 amide bonds. The zero-order valence-electron chi connectivity index (χ0n) is 17.2. The Hall–Kier alpha value is -3.02. The van der Waals surface area contributed by atoms with E-state index in [2.05, 4.69) is 5.32 Å². The summed E-state index contributed by atoms with van der Waals surface area (Å²) in [6, 6.07) is 15.4. The van der Waals surface area contributed by atoms with Crippen molar-refractivity contribution >= 4 is 11.8 Å². The van der Waals surface area contributed by atoms with Crippen LogP contribution in [-0.2, 0) is 22.6 Å². The third kappa shape index (κ3) is 4.53. The Morgan fingerprint density at radius 3 is 2.59 bits per heavy atom. The van der Waals surface area contributed by atoms with Crippen LogP contribution in [0.15, 0.2) is 48.5 Å². The number of benzene rings is 2. The predicted molar refractivity (Wildman–Crippen MR) is 111 cm³/mol. The van der Waals surface area contributed by atoms with Crippen molar-refractivity contribution in [3.63, 3.8) is 0 Å². The molecule has 6 heteroatoms. The standard InChI is InChI=1S/C23H28N2O4/c1-23(22(27)24-16-17-7-5-4-6-8-17)13-11-21(26)25(23)14-12-18-15-19(28-2)9-10-20(18)29-3/h4-10,15H,11-14,16H2,1-3H3,(H,24,27). The number of carbonyl (C=O) groups is 2. The third-order valence-electron chi connectivity index (χ3n) is 5.60. The Labute approximate surface area is 171 Å². The highest BCUT2D eigenvalue weighted by Crippen LogP contribution is 2.32. The van der Waals surface area contributed by atoms with Crippen LogP contribution in [-0.4, -0.2) is 43.0 Å². The molecule has 1 heterocycles. The maximum Gasteiger partial charge on any atom is 0.245 e. The van der Waals surface area contributed by atoms with E-state index < -0.39 is 5.54 Å². The SMILES string of the molecule is COc1ccc(OC)c(CCN2C(=O)CCC2(C)C(=O)NCc2ccccc2)c1. The van der Waals surface area contributed by atoms with Gasteiger partial charge in [0, 0.05) is 19.5 Å². The van der Waals surface area contributed by atoms with E-state index in [1.54, 1.807) is 19.1 Å². The summed E-state index contributed by atoms with van der Waals surface area (Å²) in [5.41, 5.74) is 1.12. The van der Waals surface area contributed by atoms with Crippen molar-refractivity contribution in [2.24, 2.45) is 0 Å². The van der Waals surface area contributed by atoms with Gasteiger partial charge in [-0.25, -0.2) is 0 Å². The molecule has 1 aliphatic rings. The molecule has 1 atom stereocenters. The fourth-order valence-corrected chi connectivity index (χ4v) is 3.78. The Kier molecular flexibility index (Phi) is 6.42. The summed E-state index contributed by atoms with van der Waals surface area (Å²) in [6.07, 6.45) is 1.47. The van der Waals surface area contributed by atoms with Crippen LogP contribution < -0.4 is 14.8 Å². The van der Waals surface area contributed by atoms with E-state index in [0.717, 1.165) is 22.6 Å². The minimum Gasteiger partial charge on any atom is -0.497 e. The molecule has 0 spiro atoms. The summed E-state index contributed by atoms with van der Waals surface area (Å²) in [6.45, 7) is 2.74. The molecule has 2 aromatic rings. The molecule has 1 N–H and O–H groups in total. The number of amides is 2. The molecule has 3 rings (SSSR count). The van der Waals surface area contributed by atoms with Crippen molar-refractivity contribution in [3.05, 3.63) is 59.7 Å². The number of hydrogen-bond acceptors (Lipinski definition) is 4. The Morgan fingerprint density at radius 2 is 1.90 bits per heavy atom. The summed E-state index contributed by atoms with van der Waals surface area (Å²) in [7, 11) is 3.23. The molecule has 0 aliphatic carbocycles. The first-order valence-corrected chi connectivity index (χ1v) is 9.81. The zero-order valence-corrected chi connectivity index (χ0v) is 17.2. The summed E-state index contributed by atoms with van der Waals surface area (Å²) >= 11 is 0. The number of methoxy groups -OCH3 is 2. The molecule has 0 aromatic heterocycles. The van der Waals surface area contributed by atoms with Gasteiger partial charge in [0.1, 0.15) is 17.0 Å². The zero-order chi connectivity index (χ0) is 20.9. The first kappa shape index (κ1) is 20.7. The monoisotopic (exact) mass is 396 g/mol. The minimum absolute atomic E-state index is 0.00391. The summed E-state index contributed by atoms with van der Waals surface area (Å²) in [5, 5.41) is 2.99. The van der Waals surface area contributed by atoms with Crippen molar-refractivity contribution in [1.29, 1.82) is 0 Å². The highest BCUT2D eigenvalue weighted by Gasteiger charge is 2.46. The van der Waals surface area contributed by atoms with Crippen molar-refractivity contribution in [3.8, 4) is 11.5 Å². The number of ether oxygens (including phenoxy) is 2. The van der Waals surface area contributed by atoms with Crippen LogP contribution in [0.1, 0.15) is 30.9 Å². The van der Waals surface area contributed by atoms with Gasteiger partial charge in [0.05, 0.1) is 14.2 Å². The summed E-state index contributed by atoms with van der Waals surface area (Å²) in [4.78, 5) is 27.2. The predicted octanol–water partition coefficient (Wildman–Crippen LogP) is 2.94. The van der Waals surface area contributed by atoms with Crippen molar-refractivity contribution in [1.82, 2.24) is 10.2 Å². The van der Waals surface area contributed by atoms with Gasteiger partial charge in [-0.2, -0.15) is 0 Å². The van der Waals surface area contributed by atoms with Crippen LogP contribution in [0.25, 0.3) is 0 Å². The van der Waals surface area contributed by atoms with Crippen LogP contribution >= 0.6 is 0 Å². The highest BCUT2D eigenvalue weighted by molar-refractivity contribution is 5.94. The van der Waals surface area contributed by atoms with E-state index in [0.29, 0.717) is 32.4 Å². The normalized spacial score (nSPS) is 18.6. The quantitative estimate of drug-likeness (QED) is 0.745. The Bertz CT molecular complexity index is 868. The van der Waals surface area contributed by atoms with Gasteiger partial charge < -0.3 is 19.7 Å². The molecule has 0 radical (unpaired) electrons. The van der Waals surface area contributed by atoms with Gasteiger partial charge in [-0.1, -0.05) is 30.3 Å². The van der Waals surface area contributed by atoms with E-state index in [1.165, 1.54) is 0 Å². The summed E-state index contributed by atoms with van der Waals surface area (Å²) in [5.74, 6) is 1.36. The molecule has 29 heavy (non-hydrogen) atoms. The molecule has 1 unspecified atom stereocenters. The van der Waals surface area contributed by atoms with Gasteiger partial charge in [-0.3, -0.25) is 9.59 Å². The second-order valence-corrected chi connectivity index (χ2v) is 7.42.